The zero-order chi connectivity index (χ0) is 9.68. The van der Waals surface area contributed by atoms with Gasteiger partial charge in [0.05, 0.1) is 0 Å². The summed E-state index contributed by atoms with van der Waals surface area (Å²) < 4.78 is 24.3. The molecule has 0 spiro atoms. The normalized spacial score (nSPS) is 12.8. The SMILES string of the molecule is C[C@@H](NCCF)c1ccc(F)cc1. The van der Waals surface area contributed by atoms with Crippen LogP contribution in [0.25, 0.3) is 0 Å². The van der Waals surface area contributed by atoms with Crippen LogP contribution in [-0.2, 0) is 0 Å². The van der Waals surface area contributed by atoms with Gasteiger partial charge in [-0.15, -0.1) is 0 Å². The number of hydrogen-bond acceptors (Lipinski definition) is 1. The van der Waals surface area contributed by atoms with Gasteiger partial charge in [0.25, 0.3) is 0 Å². The van der Waals surface area contributed by atoms with Gasteiger partial charge in [-0.05, 0) is 24.6 Å². The molecule has 0 unspecified atom stereocenters. The minimum atomic E-state index is -0.383. The van der Waals surface area contributed by atoms with E-state index in [0.29, 0.717) is 6.54 Å². The molecule has 0 heterocycles. The monoisotopic (exact) mass is 185 g/mol. The summed E-state index contributed by atoms with van der Waals surface area (Å²) in [5, 5.41) is 2.97. The maximum Gasteiger partial charge on any atom is 0.123 e. The van der Waals surface area contributed by atoms with Crippen molar-refractivity contribution in [3.05, 3.63) is 35.6 Å². The van der Waals surface area contributed by atoms with E-state index in [9.17, 15) is 8.78 Å². The summed E-state index contributed by atoms with van der Waals surface area (Å²) in [6, 6.07) is 6.28. The van der Waals surface area contributed by atoms with Gasteiger partial charge >= 0.3 is 0 Å². The molecule has 0 amide bonds. The number of nitrogens with one attached hydrogen (secondary N) is 1. The van der Waals surface area contributed by atoms with Crippen LogP contribution >= 0.6 is 0 Å². The van der Waals surface area contributed by atoms with Crippen LogP contribution in [0.4, 0.5) is 8.78 Å². The van der Waals surface area contributed by atoms with Crippen molar-refractivity contribution in [3.8, 4) is 0 Å². The third kappa shape index (κ3) is 3.11. The van der Waals surface area contributed by atoms with E-state index in [1.165, 1.54) is 12.1 Å². The Kier molecular flexibility index (Phi) is 3.83. The number of rotatable bonds is 4. The summed E-state index contributed by atoms with van der Waals surface area (Å²) in [5.41, 5.74) is 0.967. The van der Waals surface area contributed by atoms with E-state index in [-0.39, 0.29) is 18.5 Å². The smallest absolute Gasteiger partial charge is 0.123 e. The molecule has 1 rings (SSSR count). The Morgan fingerprint density at radius 1 is 1.31 bits per heavy atom. The molecule has 1 aromatic rings. The van der Waals surface area contributed by atoms with E-state index in [1.807, 2.05) is 6.92 Å². The standard InChI is InChI=1S/C10H13F2N/c1-8(13-7-6-11)9-2-4-10(12)5-3-9/h2-5,8,13H,6-7H2,1H3/t8-/m1/s1. The third-order valence-electron chi connectivity index (χ3n) is 1.92. The van der Waals surface area contributed by atoms with Gasteiger partial charge in [0, 0.05) is 12.6 Å². The summed E-state index contributed by atoms with van der Waals surface area (Å²) in [6.07, 6.45) is 0. The van der Waals surface area contributed by atoms with E-state index >= 15 is 0 Å². The predicted octanol–water partition coefficient (Wildman–Crippen LogP) is 2.45. The van der Waals surface area contributed by atoms with Gasteiger partial charge < -0.3 is 5.32 Å². The molecule has 0 aromatic heterocycles. The van der Waals surface area contributed by atoms with Gasteiger partial charge in [-0.3, -0.25) is 0 Å². The fourth-order valence-corrected chi connectivity index (χ4v) is 1.14. The molecule has 0 aliphatic carbocycles. The lowest BCUT2D eigenvalue weighted by Gasteiger charge is -2.12. The third-order valence-corrected chi connectivity index (χ3v) is 1.92. The largest absolute Gasteiger partial charge is 0.308 e. The Balaban J connectivity index is 2.55. The van der Waals surface area contributed by atoms with E-state index < -0.39 is 0 Å². The molecule has 13 heavy (non-hydrogen) atoms. The molecule has 0 saturated heterocycles. The van der Waals surface area contributed by atoms with E-state index in [2.05, 4.69) is 5.32 Å². The zero-order valence-corrected chi connectivity index (χ0v) is 7.56. The van der Waals surface area contributed by atoms with Crippen molar-refractivity contribution in [1.82, 2.24) is 5.32 Å². The van der Waals surface area contributed by atoms with Crippen LogP contribution in [0, 0.1) is 5.82 Å². The second-order valence-electron chi connectivity index (χ2n) is 2.92. The van der Waals surface area contributed by atoms with Crippen LogP contribution in [0.3, 0.4) is 0 Å². The summed E-state index contributed by atoms with van der Waals surface area (Å²) >= 11 is 0. The maximum absolute atomic E-state index is 12.5. The van der Waals surface area contributed by atoms with E-state index in [1.54, 1.807) is 12.1 Å². The van der Waals surface area contributed by atoms with Crippen molar-refractivity contribution in [2.45, 2.75) is 13.0 Å². The Bertz CT molecular complexity index is 246. The first-order valence-corrected chi connectivity index (χ1v) is 4.29. The highest BCUT2D eigenvalue weighted by Crippen LogP contribution is 2.12. The molecule has 1 atom stereocenters. The number of benzene rings is 1. The van der Waals surface area contributed by atoms with Crippen LogP contribution in [0.1, 0.15) is 18.5 Å². The fourth-order valence-electron chi connectivity index (χ4n) is 1.14. The summed E-state index contributed by atoms with van der Waals surface area (Å²) in [6.45, 7) is 1.87. The van der Waals surface area contributed by atoms with Crippen molar-refractivity contribution in [2.75, 3.05) is 13.2 Å². The predicted molar refractivity (Wildman–Crippen MR) is 48.8 cm³/mol. The van der Waals surface area contributed by atoms with Crippen LogP contribution in [0.15, 0.2) is 24.3 Å². The van der Waals surface area contributed by atoms with Crippen LogP contribution in [0.5, 0.6) is 0 Å². The molecular weight excluding hydrogens is 172 g/mol. The highest BCUT2D eigenvalue weighted by Gasteiger charge is 2.03. The molecule has 0 radical (unpaired) electrons. The van der Waals surface area contributed by atoms with Gasteiger partial charge in [-0.2, -0.15) is 0 Å². The fraction of sp³-hybridized carbons (Fsp3) is 0.400. The van der Waals surface area contributed by atoms with Gasteiger partial charge in [0.1, 0.15) is 12.5 Å². The van der Waals surface area contributed by atoms with Gasteiger partial charge in [0.15, 0.2) is 0 Å². The molecule has 0 fully saturated rings. The summed E-state index contributed by atoms with van der Waals surface area (Å²) in [4.78, 5) is 0. The van der Waals surface area contributed by atoms with Crippen molar-refractivity contribution < 1.29 is 8.78 Å². The molecule has 72 valence electrons. The first kappa shape index (κ1) is 10.1. The van der Waals surface area contributed by atoms with Crippen LogP contribution < -0.4 is 5.32 Å². The molecule has 0 bridgehead atoms. The van der Waals surface area contributed by atoms with E-state index in [0.717, 1.165) is 5.56 Å². The molecule has 1 aromatic carbocycles. The lowest BCUT2D eigenvalue weighted by molar-refractivity contribution is 0.444. The Hall–Kier alpha value is -0.960. The first-order valence-electron chi connectivity index (χ1n) is 4.29. The summed E-state index contributed by atoms with van der Waals surface area (Å²) in [5.74, 6) is -0.249. The highest BCUT2D eigenvalue weighted by molar-refractivity contribution is 5.19. The Morgan fingerprint density at radius 3 is 2.46 bits per heavy atom. The van der Waals surface area contributed by atoms with Crippen LogP contribution in [-0.4, -0.2) is 13.2 Å². The average Bonchev–Trinajstić information content (AvgIpc) is 2.15. The second-order valence-corrected chi connectivity index (χ2v) is 2.92. The van der Waals surface area contributed by atoms with Crippen molar-refractivity contribution in [1.29, 1.82) is 0 Å². The lowest BCUT2D eigenvalue weighted by Crippen LogP contribution is -2.20. The Labute approximate surface area is 76.8 Å². The highest BCUT2D eigenvalue weighted by atomic mass is 19.1. The molecule has 1 N–H and O–H groups in total. The number of hydrogen-bond donors (Lipinski definition) is 1. The molecule has 1 nitrogen and oxygen atoms in total. The maximum atomic E-state index is 12.5. The molecule has 0 aliphatic rings. The number of alkyl halides is 1. The topological polar surface area (TPSA) is 12.0 Å². The lowest BCUT2D eigenvalue weighted by atomic mass is 10.1. The quantitative estimate of drug-likeness (QED) is 0.759. The second kappa shape index (κ2) is 4.92. The molecule has 0 saturated carbocycles. The average molecular weight is 185 g/mol. The molecular formula is C10H13F2N. The van der Waals surface area contributed by atoms with Crippen molar-refractivity contribution in [2.24, 2.45) is 0 Å². The minimum absolute atomic E-state index is 0.0661. The van der Waals surface area contributed by atoms with Crippen molar-refractivity contribution >= 4 is 0 Å². The van der Waals surface area contributed by atoms with Crippen molar-refractivity contribution in [3.63, 3.8) is 0 Å². The molecule has 3 heteroatoms. The first-order chi connectivity index (χ1) is 6.24. The van der Waals surface area contributed by atoms with E-state index in [4.69, 9.17) is 0 Å². The molecule has 0 aliphatic heterocycles. The summed E-state index contributed by atoms with van der Waals surface area (Å²) in [7, 11) is 0. The van der Waals surface area contributed by atoms with Gasteiger partial charge in [-0.1, -0.05) is 12.1 Å². The Morgan fingerprint density at radius 2 is 1.92 bits per heavy atom. The zero-order valence-electron chi connectivity index (χ0n) is 7.56. The van der Waals surface area contributed by atoms with Gasteiger partial charge in [-0.25, -0.2) is 8.78 Å². The minimum Gasteiger partial charge on any atom is -0.308 e. The van der Waals surface area contributed by atoms with Crippen LogP contribution in [0.2, 0.25) is 0 Å². The van der Waals surface area contributed by atoms with Gasteiger partial charge in [0.2, 0.25) is 0 Å². The number of halogens is 2.